The molecule has 1 aromatic heterocycles. The first-order chi connectivity index (χ1) is 14.6. The molecule has 1 N–H and O–H groups in total. The summed E-state index contributed by atoms with van der Waals surface area (Å²) >= 11 is 0. The molecule has 1 heterocycles. The van der Waals surface area contributed by atoms with E-state index in [0.717, 1.165) is 22.3 Å². The van der Waals surface area contributed by atoms with Crippen LogP contribution in [0.2, 0.25) is 0 Å². The summed E-state index contributed by atoms with van der Waals surface area (Å²) in [6.45, 7) is 4.05. The number of carbonyl (C=O) groups is 1. The van der Waals surface area contributed by atoms with E-state index in [9.17, 15) is 4.79 Å². The highest BCUT2D eigenvalue weighted by Gasteiger charge is 2.16. The molecule has 5 nitrogen and oxygen atoms in total. The molecule has 148 valence electrons. The van der Waals surface area contributed by atoms with E-state index in [1.807, 2.05) is 86.7 Å². The summed E-state index contributed by atoms with van der Waals surface area (Å²) in [6, 6.07) is 24.8. The lowest BCUT2D eigenvalue weighted by Gasteiger charge is -2.07. The Morgan fingerprint density at radius 1 is 0.867 bits per heavy atom. The minimum Gasteiger partial charge on any atom is -0.332 e. The average molecular weight is 395 g/mol. The molecule has 30 heavy (non-hydrogen) atoms. The lowest BCUT2D eigenvalue weighted by atomic mass is 10.1. The fourth-order valence-electron chi connectivity index (χ4n) is 2.92. The Kier molecular flexibility index (Phi) is 5.52. The third-order valence-electron chi connectivity index (χ3n) is 4.64. The van der Waals surface area contributed by atoms with Crippen LogP contribution in [0.3, 0.4) is 0 Å². The van der Waals surface area contributed by atoms with Crippen LogP contribution in [0.4, 0.5) is 0 Å². The number of benzene rings is 3. The molecule has 5 heteroatoms. The van der Waals surface area contributed by atoms with E-state index in [1.165, 1.54) is 0 Å². The van der Waals surface area contributed by atoms with E-state index in [4.69, 9.17) is 4.52 Å². The predicted octanol–water partition coefficient (Wildman–Crippen LogP) is 5.28. The van der Waals surface area contributed by atoms with Crippen molar-refractivity contribution in [3.8, 4) is 11.4 Å². The van der Waals surface area contributed by atoms with Crippen molar-refractivity contribution in [2.45, 2.75) is 13.8 Å². The predicted molar refractivity (Wildman–Crippen MR) is 117 cm³/mol. The molecule has 0 spiro atoms. The summed E-state index contributed by atoms with van der Waals surface area (Å²) in [6.07, 6.45) is 1.83. The molecule has 0 aliphatic heterocycles. The molecule has 1 amide bonds. The van der Waals surface area contributed by atoms with Crippen LogP contribution < -0.4 is 5.32 Å². The third kappa shape index (κ3) is 4.52. The SMILES string of the molecule is Cc1ccc(/C=C(\NC(=O)c2ccccc2)c2nc(-c3ccc(C)cc3)no2)cc1. The van der Waals surface area contributed by atoms with Crippen LogP contribution in [0.25, 0.3) is 23.2 Å². The Bertz CT molecular complexity index is 1180. The zero-order valence-corrected chi connectivity index (χ0v) is 16.8. The van der Waals surface area contributed by atoms with Crippen molar-refractivity contribution < 1.29 is 9.32 Å². The first kappa shape index (κ1) is 19.3. The normalized spacial score (nSPS) is 11.3. The van der Waals surface area contributed by atoms with Crippen LogP contribution in [-0.4, -0.2) is 16.0 Å². The number of aryl methyl sites for hydroxylation is 2. The maximum absolute atomic E-state index is 12.7. The van der Waals surface area contributed by atoms with Gasteiger partial charge in [0.1, 0.15) is 5.70 Å². The molecule has 0 aliphatic rings. The van der Waals surface area contributed by atoms with Crippen LogP contribution in [0, 0.1) is 13.8 Å². The second-order valence-electron chi connectivity index (χ2n) is 7.08. The minimum absolute atomic E-state index is 0.246. The van der Waals surface area contributed by atoms with Crippen molar-refractivity contribution >= 4 is 17.7 Å². The van der Waals surface area contributed by atoms with Crippen molar-refractivity contribution in [1.82, 2.24) is 15.5 Å². The van der Waals surface area contributed by atoms with Gasteiger partial charge in [-0.2, -0.15) is 4.98 Å². The van der Waals surface area contributed by atoms with E-state index in [2.05, 4.69) is 15.5 Å². The minimum atomic E-state index is -0.246. The Morgan fingerprint density at radius 2 is 1.50 bits per heavy atom. The number of amides is 1. The van der Waals surface area contributed by atoms with E-state index < -0.39 is 0 Å². The number of rotatable bonds is 5. The molecule has 0 radical (unpaired) electrons. The van der Waals surface area contributed by atoms with Gasteiger partial charge in [-0.15, -0.1) is 0 Å². The van der Waals surface area contributed by atoms with Gasteiger partial charge in [0.05, 0.1) is 0 Å². The zero-order valence-electron chi connectivity index (χ0n) is 16.8. The topological polar surface area (TPSA) is 68.0 Å². The maximum Gasteiger partial charge on any atom is 0.274 e. The smallest absolute Gasteiger partial charge is 0.274 e. The lowest BCUT2D eigenvalue weighted by Crippen LogP contribution is -2.22. The van der Waals surface area contributed by atoms with Gasteiger partial charge in [0.25, 0.3) is 11.8 Å². The first-order valence-corrected chi connectivity index (χ1v) is 9.64. The van der Waals surface area contributed by atoms with Gasteiger partial charge in [-0.05, 0) is 37.6 Å². The van der Waals surface area contributed by atoms with Crippen LogP contribution >= 0.6 is 0 Å². The van der Waals surface area contributed by atoms with E-state index in [0.29, 0.717) is 17.1 Å². The first-order valence-electron chi connectivity index (χ1n) is 9.64. The molecule has 0 fully saturated rings. The van der Waals surface area contributed by atoms with Gasteiger partial charge < -0.3 is 9.84 Å². The molecule has 0 bridgehead atoms. The molecule has 0 unspecified atom stereocenters. The highest BCUT2D eigenvalue weighted by molar-refractivity contribution is 6.01. The Labute approximate surface area is 175 Å². The van der Waals surface area contributed by atoms with E-state index >= 15 is 0 Å². The maximum atomic E-state index is 12.7. The molecular weight excluding hydrogens is 374 g/mol. The van der Waals surface area contributed by atoms with Crippen molar-refractivity contribution in [2.24, 2.45) is 0 Å². The van der Waals surface area contributed by atoms with Crippen molar-refractivity contribution in [3.63, 3.8) is 0 Å². The fourth-order valence-corrected chi connectivity index (χ4v) is 2.92. The van der Waals surface area contributed by atoms with Crippen LogP contribution in [0.5, 0.6) is 0 Å². The van der Waals surface area contributed by atoms with Gasteiger partial charge in [0, 0.05) is 11.1 Å². The van der Waals surface area contributed by atoms with Crippen LogP contribution in [-0.2, 0) is 0 Å². The molecule has 0 atom stereocenters. The van der Waals surface area contributed by atoms with Gasteiger partial charge in [-0.25, -0.2) is 0 Å². The number of nitrogens with one attached hydrogen (secondary N) is 1. The highest BCUT2D eigenvalue weighted by Crippen LogP contribution is 2.21. The molecule has 0 aliphatic carbocycles. The lowest BCUT2D eigenvalue weighted by molar-refractivity contribution is 0.0973. The summed E-state index contributed by atoms with van der Waals surface area (Å²) in [5, 5.41) is 7.01. The standard InChI is InChI=1S/C25H21N3O2/c1-17-8-12-19(13-9-17)16-22(26-24(29)21-6-4-3-5-7-21)25-27-23(28-30-25)20-14-10-18(2)11-15-20/h3-16H,1-2H3,(H,26,29)/b22-16-. The van der Waals surface area contributed by atoms with Gasteiger partial charge >= 0.3 is 0 Å². The summed E-state index contributed by atoms with van der Waals surface area (Å²) < 4.78 is 5.50. The fraction of sp³-hybridized carbons (Fsp3) is 0.0800. The quantitative estimate of drug-likeness (QED) is 0.499. The second kappa shape index (κ2) is 8.57. The van der Waals surface area contributed by atoms with Gasteiger partial charge in [0.2, 0.25) is 5.82 Å². The summed E-state index contributed by atoms with van der Waals surface area (Å²) in [5.41, 5.74) is 5.06. The molecule has 0 saturated carbocycles. The Balaban J connectivity index is 1.69. The van der Waals surface area contributed by atoms with Crippen LogP contribution in [0.15, 0.2) is 83.4 Å². The summed E-state index contributed by atoms with van der Waals surface area (Å²) in [5.74, 6) is 0.466. The molecular formula is C25H21N3O2. The van der Waals surface area contributed by atoms with Gasteiger partial charge in [-0.3, -0.25) is 4.79 Å². The Hall–Kier alpha value is -3.99. The average Bonchev–Trinajstić information content (AvgIpc) is 3.26. The monoisotopic (exact) mass is 395 g/mol. The van der Waals surface area contributed by atoms with Crippen molar-refractivity contribution in [3.05, 3.63) is 107 Å². The van der Waals surface area contributed by atoms with Gasteiger partial charge in [0.15, 0.2) is 0 Å². The summed E-state index contributed by atoms with van der Waals surface area (Å²) in [7, 11) is 0. The largest absolute Gasteiger partial charge is 0.332 e. The highest BCUT2D eigenvalue weighted by atomic mass is 16.5. The van der Waals surface area contributed by atoms with Crippen LogP contribution in [0.1, 0.15) is 32.9 Å². The van der Waals surface area contributed by atoms with Gasteiger partial charge in [-0.1, -0.05) is 83.0 Å². The Morgan fingerprint density at radius 3 is 2.17 bits per heavy atom. The molecule has 4 aromatic rings. The van der Waals surface area contributed by atoms with E-state index in [-0.39, 0.29) is 11.8 Å². The number of hydrogen-bond donors (Lipinski definition) is 1. The molecule has 0 saturated heterocycles. The molecule has 4 rings (SSSR count). The van der Waals surface area contributed by atoms with Crippen molar-refractivity contribution in [1.29, 1.82) is 0 Å². The zero-order chi connectivity index (χ0) is 20.9. The number of nitrogens with zero attached hydrogens (tertiary/aromatic N) is 2. The number of hydrogen-bond acceptors (Lipinski definition) is 4. The third-order valence-corrected chi connectivity index (χ3v) is 4.64. The van der Waals surface area contributed by atoms with Crippen molar-refractivity contribution in [2.75, 3.05) is 0 Å². The second-order valence-corrected chi connectivity index (χ2v) is 7.08. The molecule has 3 aromatic carbocycles. The summed E-state index contributed by atoms with van der Waals surface area (Å²) in [4.78, 5) is 17.3. The number of carbonyl (C=O) groups excluding carboxylic acids is 1. The van der Waals surface area contributed by atoms with E-state index in [1.54, 1.807) is 12.1 Å². The number of aromatic nitrogens is 2.